The van der Waals surface area contributed by atoms with E-state index in [9.17, 15) is 18.0 Å². The van der Waals surface area contributed by atoms with Crippen molar-refractivity contribution in [2.45, 2.75) is 84.4 Å². The number of amides is 1. The third-order valence-corrected chi connectivity index (χ3v) is 11.1. The summed E-state index contributed by atoms with van der Waals surface area (Å²) in [6.45, 7) is 12.6. The van der Waals surface area contributed by atoms with E-state index in [-0.39, 0.29) is 43.0 Å². The van der Waals surface area contributed by atoms with Gasteiger partial charge < -0.3 is 15.2 Å². The van der Waals surface area contributed by atoms with Gasteiger partial charge >= 0.3 is 5.97 Å². The number of aromatic nitrogens is 3. The van der Waals surface area contributed by atoms with Gasteiger partial charge in [0.2, 0.25) is 15.9 Å². The van der Waals surface area contributed by atoms with Crippen LogP contribution in [-0.2, 0) is 32.7 Å². The van der Waals surface area contributed by atoms with Crippen LogP contribution in [0.3, 0.4) is 0 Å². The number of nitrogens with one attached hydrogen (secondary N) is 1. The molecule has 4 aromatic rings. The summed E-state index contributed by atoms with van der Waals surface area (Å²) in [6, 6.07) is 16.6. The standard InChI is InChI=1S/C35H43N5O6S/c1-7-26-21-39(47(44,45)30-12-10-9-11-29(30)46-26)20-25-19-24(14-13-22(25)3)32(35(5,6)34(43)36-18-17-31(41)42)27-15-16-28-33(23(27)4)37-38-40(28)8-2/h9-16,19,26,32H,7-8,17-18,20-21H2,1-6H3,(H,36,43)(H,41,42)/t26-,32+/m1/s1. The topological polar surface area (TPSA) is 144 Å². The van der Waals surface area contributed by atoms with Gasteiger partial charge in [0.05, 0.1) is 23.9 Å². The molecular formula is C35H43N5O6S. The molecule has 250 valence electrons. The summed E-state index contributed by atoms with van der Waals surface area (Å²) in [4.78, 5) is 25.1. The minimum Gasteiger partial charge on any atom is -0.488 e. The number of sulfonamides is 1. The van der Waals surface area contributed by atoms with Gasteiger partial charge in [0.15, 0.2) is 0 Å². The molecule has 3 aromatic carbocycles. The van der Waals surface area contributed by atoms with E-state index >= 15 is 0 Å². The van der Waals surface area contributed by atoms with Crippen LogP contribution >= 0.6 is 0 Å². The third kappa shape index (κ3) is 6.62. The third-order valence-electron chi connectivity index (χ3n) is 9.20. The number of carboxylic acids is 1. The zero-order valence-electron chi connectivity index (χ0n) is 27.8. The largest absolute Gasteiger partial charge is 0.488 e. The van der Waals surface area contributed by atoms with E-state index in [4.69, 9.17) is 9.84 Å². The van der Waals surface area contributed by atoms with E-state index in [0.29, 0.717) is 18.7 Å². The lowest BCUT2D eigenvalue weighted by molar-refractivity contribution is -0.137. The molecule has 0 unspecified atom stereocenters. The molecule has 47 heavy (non-hydrogen) atoms. The highest BCUT2D eigenvalue weighted by Gasteiger charge is 2.41. The molecule has 1 aliphatic rings. The van der Waals surface area contributed by atoms with Crippen molar-refractivity contribution in [1.82, 2.24) is 24.6 Å². The normalized spacial score (nSPS) is 17.0. The highest BCUT2D eigenvalue weighted by molar-refractivity contribution is 7.89. The maximum atomic E-state index is 14.0. The smallest absolute Gasteiger partial charge is 0.305 e. The summed E-state index contributed by atoms with van der Waals surface area (Å²) in [5.74, 6) is -1.42. The molecule has 0 fully saturated rings. The Bertz CT molecular complexity index is 1920. The fourth-order valence-electron chi connectivity index (χ4n) is 6.39. The van der Waals surface area contributed by atoms with Gasteiger partial charge in [0, 0.05) is 25.6 Å². The SMILES string of the molecule is CC[C@@H]1CN(Cc2cc([C@@H](c3ccc4c(nnn4CC)c3C)C(C)(C)C(=O)NCCC(=O)O)ccc2C)S(=O)(=O)c2ccccc2O1. The van der Waals surface area contributed by atoms with Crippen molar-refractivity contribution in [3.05, 3.63) is 82.4 Å². The van der Waals surface area contributed by atoms with Crippen molar-refractivity contribution in [2.75, 3.05) is 13.1 Å². The lowest BCUT2D eigenvalue weighted by Gasteiger charge is -2.35. The van der Waals surface area contributed by atoms with Gasteiger partial charge in [-0.25, -0.2) is 13.1 Å². The van der Waals surface area contributed by atoms with Crippen molar-refractivity contribution in [1.29, 1.82) is 0 Å². The molecule has 0 saturated carbocycles. The van der Waals surface area contributed by atoms with Crippen molar-refractivity contribution in [2.24, 2.45) is 5.41 Å². The summed E-state index contributed by atoms with van der Waals surface area (Å²) in [7, 11) is -3.87. The number of hydrogen-bond acceptors (Lipinski definition) is 7. The van der Waals surface area contributed by atoms with Gasteiger partial charge in [-0.05, 0) is 73.2 Å². The highest BCUT2D eigenvalue weighted by Crippen LogP contribution is 2.44. The molecule has 1 amide bonds. The van der Waals surface area contributed by atoms with Gasteiger partial charge in [0.25, 0.3) is 0 Å². The Hall–Kier alpha value is -4.29. The van der Waals surface area contributed by atoms with Crippen LogP contribution in [0.15, 0.2) is 59.5 Å². The van der Waals surface area contributed by atoms with Crippen LogP contribution in [0.4, 0.5) is 0 Å². The average molecular weight is 662 g/mol. The van der Waals surface area contributed by atoms with E-state index < -0.39 is 27.3 Å². The number of aryl methyl sites for hydroxylation is 3. The number of carboxylic acid groups (broad SMARTS) is 1. The first kappa shape index (κ1) is 34.1. The van der Waals surface area contributed by atoms with Gasteiger partial charge in [-0.2, -0.15) is 4.31 Å². The number of carbonyl (C=O) groups is 2. The molecule has 0 bridgehead atoms. The molecule has 2 N–H and O–H groups in total. The van der Waals surface area contributed by atoms with E-state index in [1.807, 2.05) is 76.6 Å². The number of benzene rings is 3. The van der Waals surface area contributed by atoms with Gasteiger partial charge in [-0.1, -0.05) is 62.4 Å². The number of nitrogens with zero attached hydrogens (tertiary/aromatic N) is 4. The second-order valence-corrected chi connectivity index (χ2v) is 14.6. The molecule has 2 atom stereocenters. The second kappa shape index (κ2) is 13.4. The van der Waals surface area contributed by atoms with Crippen LogP contribution in [0.1, 0.15) is 74.3 Å². The fourth-order valence-corrected chi connectivity index (χ4v) is 7.96. The van der Waals surface area contributed by atoms with E-state index in [1.165, 1.54) is 4.31 Å². The Balaban J connectivity index is 1.61. The molecule has 0 saturated heterocycles. The molecule has 0 aliphatic carbocycles. The number of ether oxygens (including phenoxy) is 1. The molecule has 1 aliphatic heterocycles. The van der Waals surface area contributed by atoms with Crippen molar-refractivity contribution < 1.29 is 27.9 Å². The number of rotatable bonds is 11. The first-order valence-electron chi connectivity index (χ1n) is 16.0. The first-order valence-corrected chi connectivity index (χ1v) is 17.4. The minimum absolute atomic E-state index is 0.00126. The first-order chi connectivity index (χ1) is 22.3. The van der Waals surface area contributed by atoms with E-state index in [1.54, 1.807) is 24.3 Å². The Morgan fingerprint density at radius 3 is 2.55 bits per heavy atom. The molecule has 1 aromatic heterocycles. The quantitative estimate of drug-likeness (QED) is 0.224. The van der Waals surface area contributed by atoms with Crippen LogP contribution in [0.2, 0.25) is 0 Å². The molecule has 5 rings (SSSR count). The van der Waals surface area contributed by atoms with Crippen LogP contribution in [-0.4, -0.2) is 63.9 Å². The molecule has 12 heteroatoms. The number of carbonyl (C=O) groups excluding carboxylic acids is 1. The minimum atomic E-state index is -3.87. The lowest BCUT2D eigenvalue weighted by atomic mass is 9.69. The lowest BCUT2D eigenvalue weighted by Crippen LogP contribution is -2.42. The summed E-state index contributed by atoms with van der Waals surface area (Å²) in [5, 5.41) is 20.7. The predicted octanol–water partition coefficient (Wildman–Crippen LogP) is 5.18. The fraction of sp³-hybridized carbons (Fsp3) is 0.429. The van der Waals surface area contributed by atoms with Gasteiger partial charge in [-0.3, -0.25) is 9.59 Å². The summed E-state index contributed by atoms with van der Waals surface area (Å²) in [5.41, 5.74) is 4.90. The zero-order chi connectivity index (χ0) is 34.1. The van der Waals surface area contributed by atoms with Crippen LogP contribution < -0.4 is 10.1 Å². The Morgan fingerprint density at radius 2 is 1.85 bits per heavy atom. The van der Waals surface area contributed by atoms with Gasteiger partial charge in [0.1, 0.15) is 22.3 Å². The number of hydrogen-bond donors (Lipinski definition) is 2. The van der Waals surface area contributed by atoms with Crippen molar-refractivity contribution in [3.8, 4) is 5.75 Å². The van der Waals surface area contributed by atoms with Gasteiger partial charge in [-0.15, -0.1) is 5.10 Å². The zero-order valence-corrected chi connectivity index (χ0v) is 28.6. The van der Waals surface area contributed by atoms with Crippen molar-refractivity contribution in [3.63, 3.8) is 0 Å². The maximum Gasteiger partial charge on any atom is 0.305 e. The Labute approximate surface area is 276 Å². The number of para-hydroxylation sites is 1. The molecule has 2 heterocycles. The van der Waals surface area contributed by atoms with Crippen LogP contribution in [0.5, 0.6) is 5.75 Å². The summed E-state index contributed by atoms with van der Waals surface area (Å²) >= 11 is 0. The Morgan fingerprint density at radius 1 is 1.11 bits per heavy atom. The number of fused-ring (bicyclic) bond motifs is 2. The number of aliphatic carboxylic acids is 1. The Kier molecular flexibility index (Phi) is 9.74. The van der Waals surface area contributed by atoms with Crippen LogP contribution in [0.25, 0.3) is 11.0 Å². The molecule has 0 spiro atoms. The van der Waals surface area contributed by atoms with Crippen molar-refractivity contribution >= 4 is 32.9 Å². The molecule has 0 radical (unpaired) electrons. The predicted molar refractivity (Wildman–Crippen MR) is 179 cm³/mol. The maximum absolute atomic E-state index is 14.0. The molecular weight excluding hydrogens is 618 g/mol. The average Bonchev–Trinajstić information content (AvgIpc) is 3.42. The highest BCUT2D eigenvalue weighted by atomic mass is 32.2. The second-order valence-electron chi connectivity index (χ2n) is 12.7. The van der Waals surface area contributed by atoms with E-state index in [0.717, 1.165) is 38.9 Å². The summed E-state index contributed by atoms with van der Waals surface area (Å²) in [6.07, 6.45) is 0.128. The van der Waals surface area contributed by atoms with Crippen LogP contribution in [0, 0.1) is 19.3 Å². The monoisotopic (exact) mass is 661 g/mol. The molecule has 11 nitrogen and oxygen atoms in total. The summed E-state index contributed by atoms with van der Waals surface area (Å²) < 4.78 is 37.4. The van der Waals surface area contributed by atoms with E-state index in [2.05, 4.69) is 15.6 Å².